The van der Waals surface area contributed by atoms with E-state index in [1.54, 1.807) is 5.38 Å². The number of carbonyl (C=O) groups excluding carboxylic acids is 3. The number of hydrogen-bond acceptors (Lipinski definition) is 6. The van der Waals surface area contributed by atoms with Gasteiger partial charge in [0.15, 0.2) is 6.61 Å². The van der Waals surface area contributed by atoms with Crippen LogP contribution in [0.4, 0.5) is 4.79 Å². The van der Waals surface area contributed by atoms with Crippen LogP contribution in [0, 0.1) is 0 Å². The third-order valence-electron chi connectivity index (χ3n) is 4.31. The van der Waals surface area contributed by atoms with Gasteiger partial charge in [0.2, 0.25) is 0 Å². The van der Waals surface area contributed by atoms with Crippen LogP contribution in [0.1, 0.15) is 51.3 Å². The molecule has 156 valence electrons. The molecule has 0 aliphatic carbocycles. The normalized spacial score (nSPS) is 11.8. The molecule has 3 amide bonds. The van der Waals surface area contributed by atoms with Gasteiger partial charge in [-0.1, -0.05) is 45.0 Å². The zero-order chi connectivity index (χ0) is 21.4. The van der Waals surface area contributed by atoms with Crippen molar-refractivity contribution in [2.45, 2.75) is 52.5 Å². The van der Waals surface area contributed by atoms with Crippen LogP contribution in [0.5, 0.6) is 0 Å². The van der Waals surface area contributed by atoms with Crippen molar-refractivity contribution in [3.8, 4) is 10.6 Å². The molecule has 7 nitrogen and oxygen atoms in total. The first-order valence-corrected chi connectivity index (χ1v) is 10.5. The van der Waals surface area contributed by atoms with Crippen LogP contribution < -0.4 is 10.6 Å². The number of urea groups is 1. The lowest BCUT2D eigenvalue weighted by atomic mass is 10.0. The number of carbonyl (C=O) groups is 3. The van der Waals surface area contributed by atoms with Crippen LogP contribution in [0.3, 0.4) is 0 Å². The molecule has 1 aromatic carbocycles. The lowest BCUT2D eigenvalue weighted by Gasteiger charge is -2.11. The van der Waals surface area contributed by atoms with Crippen LogP contribution in [0.2, 0.25) is 0 Å². The minimum atomic E-state index is -0.677. The molecule has 2 N–H and O–H groups in total. The van der Waals surface area contributed by atoms with E-state index in [0.717, 1.165) is 17.0 Å². The Labute approximate surface area is 174 Å². The maximum absolute atomic E-state index is 12.0. The number of aromatic nitrogens is 1. The number of hydrogen-bond donors (Lipinski definition) is 2. The highest BCUT2D eigenvalue weighted by atomic mass is 32.1. The van der Waals surface area contributed by atoms with E-state index in [-0.39, 0.29) is 12.5 Å². The molecule has 2 aromatic rings. The first kappa shape index (κ1) is 22.5. The Kier molecular flexibility index (Phi) is 8.33. The topological polar surface area (TPSA) is 97.4 Å². The third kappa shape index (κ3) is 7.30. The van der Waals surface area contributed by atoms with E-state index in [9.17, 15) is 14.4 Å². The van der Waals surface area contributed by atoms with E-state index in [1.807, 2.05) is 26.0 Å². The molecule has 8 heteroatoms. The second-order valence-electron chi connectivity index (χ2n) is 7.09. The van der Waals surface area contributed by atoms with Crippen LogP contribution in [0.15, 0.2) is 29.6 Å². The minimum absolute atomic E-state index is 0.0348. The largest absolute Gasteiger partial charge is 0.455 e. The Balaban J connectivity index is 1.81. The Hall–Kier alpha value is -2.74. The SMILES string of the molecule is CC[C@H](C)NC(=O)NC(=O)COC(=O)Cc1csc(-c2ccc(C(C)C)cc2)n1. The maximum Gasteiger partial charge on any atom is 0.321 e. The third-order valence-corrected chi connectivity index (χ3v) is 5.25. The maximum atomic E-state index is 12.0. The zero-order valence-corrected chi connectivity index (χ0v) is 18.0. The molecule has 0 spiro atoms. The summed E-state index contributed by atoms with van der Waals surface area (Å²) in [5.41, 5.74) is 2.83. The van der Waals surface area contributed by atoms with E-state index in [4.69, 9.17) is 4.74 Å². The molecular formula is C21H27N3O4S. The smallest absolute Gasteiger partial charge is 0.321 e. The second-order valence-corrected chi connectivity index (χ2v) is 7.95. The van der Waals surface area contributed by atoms with Crippen LogP contribution in [0.25, 0.3) is 10.6 Å². The molecule has 0 saturated carbocycles. The van der Waals surface area contributed by atoms with E-state index < -0.39 is 24.5 Å². The number of imide groups is 1. The van der Waals surface area contributed by atoms with Gasteiger partial charge in [0.1, 0.15) is 5.01 Å². The molecule has 0 saturated heterocycles. The molecule has 1 aromatic heterocycles. The predicted octanol–water partition coefficient (Wildman–Crippen LogP) is 3.64. The first-order chi connectivity index (χ1) is 13.8. The van der Waals surface area contributed by atoms with Crippen molar-refractivity contribution in [2.24, 2.45) is 0 Å². The number of nitrogens with one attached hydrogen (secondary N) is 2. The standard InChI is InChI=1S/C21H27N3O4S/c1-5-14(4)22-21(27)24-18(25)11-28-19(26)10-17-12-29-20(23-17)16-8-6-15(7-9-16)13(2)3/h6-9,12-14H,5,10-11H2,1-4H3,(H2,22,24,25,27)/t14-/m0/s1. The number of nitrogens with zero attached hydrogens (tertiary/aromatic N) is 1. The van der Waals surface area contributed by atoms with Crippen LogP contribution in [-0.2, 0) is 20.7 Å². The molecule has 0 bridgehead atoms. The number of rotatable bonds is 8. The average molecular weight is 418 g/mol. The van der Waals surface area contributed by atoms with E-state index >= 15 is 0 Å². The van der Waals surface area contributed by atoms with Crippen molar-refractivity contribution in [3.63, 3.8) is 0 Å². The highest BCUT2D eigenvalue weighted by molar-refractivity contribution is 7.13. The first-order valence-electron chi connectivity index (χ1n) is 9.59. The van der Waals surface area contributed by atoms with Crippen molar-refractivity contribution in [2.75, 3.05) is 6.61 Å². The Bertz CT molecular complexity index is 846. The summed E-state index contributed by atoms with van der Waals surface area (Å²) < 4.78 is 4.93. The second kappa shape index (κ2) is 10.7. The fraction of sp³-hybridized carbons (Fsp3) is 0.429. The van der Waals surface area contributed by atoms with Crippen molar-refractivity contribution in [1.82, 2.24) is 15.6 Å². The van der Waals surface area contributed by atoms with Gasteiger partial charge in [0.05, 0.1) is 12.1 Å². The predicted molar refractivity (Wildman–Crippen MR) is 113 cm³/mol. The highest BCUT2D eigenvalue weighted by Gasteiger charge is 2.14. The summed E-state index contributed by atoms with van der Waals surface area (Å²) in [5.74, 6) is -0.790. The van der Waals surface area contributed by atoms with Crippen LogP contribution >= 0.6 is 11.3 Å². The number of esters is 1. The minimum Gasteiger partial charge on any atom is -0.455 e. The Morgan fingerprint density at radius 1 is 1.14 bits per heavy atom. The Morgan fingerprint density at radius 3 is 2.45 bits per heavy atom. The van der Waals surface area contributed by atoms with Gasteiger partial charge in [-0.05, 0) is 24.8 Å². The van der Waals surface area contributed by atoms with Gasteiger partial charge >= 0.3 is 12.0 Å². The van der Waals surface area contributed by atoms with Crippen molar-refractivity contribution < 1.29 is 19.1 Å². The number of amides is 3. The van der Waals surface area contributed by atoms with E-state index in [0.29, 0.717) is 11.6 Å². The van der Waals surface area contributed by atoms with E-state index in [1.165, 1.54) is 16.9 Å². The molecule has 0 unspecified atom stereocenters. The average Bonchev–Trinajstić information content (AvgIpc) is 3.14. The van der Waals surface area contributed by atoms with Gasteiger partial charge in [-0.2, -0.15) is 0 Å². The van der Waals surface area contributed by atoms with Crippen molar-refractivity contribution in [3.05, 3.63) is 40.9 Å². The van der Waals surface area contributed by atoms with Gasteiger partial charge in [0.25, 0.3) is 5.91 Å². The molecule has 0 aliphatic heterocycles. The van der Waals surface area contributed by atoms with Gasteiger partial charge in [-0.15, -0.1) is 11.3 Å². The summed E-state index contributed by atoms with van der Waals surface area (Å²) in [6, 6.07) is 7.53. The lowest BCUT2D eigenvalue weighted by molar-refractivity contribution is -0.147. The zero-order valence-electron chi connectivity index (χ0n) is 17.2. The highest BCUT2D eigenvalue weighted by Crippen LogP contribution is 2.26. The fourth-order valence-corrected chi connectivity index (χ4v) is 3.23. The quantitative estimate of drug-likeness (QED) is 0.639. The van der Waals surface area contributed by atoms with Crippen molar-refractivity contribution in [1.29, 1.82) is 0 Å². The summed E-state index contributed by atoms with van der Waals surface area (Å²) in [6.45, 7) is 7.51. The summed E-state index contributed by atoms with van der Waals surface area (Å²) in [4.78, 5) is 39.7. The fourth-order valence-electron chi connectivity index (χ4n) is 2.40. The molecule has 0 aliphatic rings. The monoisotopic (exact) mass is 417 g/mol. The molecule has 0 radical (unpaired) electrons. The summed E-state index contributed by atoms with van der Waals surface area (Å²) in [6.07, 6.45) is 0.709. The van der Waals surface area contributed by atoms with Gasteiger partial charge < -0.3 is 10.1 Å². The molecular weight excluding hydrogens is 390 g/mol. The van der Waals surface area contributed by atoms with E-state index in [2.05, 4.69) is 41.6 Å². The Morgan fingerprint density at radius 2 is 1.83 bits per heavy atom. The molecule has 29 heavy (non-hydrogen) atoms. The van der Waals surface area contributed by atoms with Gasteiger partial charge in [0, 0.05) is 17.0 Å². The molecule has 1 atom stereocenters. The number of ether oxygens (including phenoxy) is 1. The summed E-state index contributed by atoms with van der Waals surface area (Å²) in [7, 11) is 0. The molecule has 2 rings (SSSR count). The van der Waals surface area contributed by atoms with Gasteiger partial charge in [-0.3, -0.25) is 14.9 Å². The van der Waals surface area contributed by atoms with Crippen molar-refractivity contribution >= 4 is 29.2 Å². The van der Waals surface area contributed by atoms with Gasteiger partial charge in [-0.25, -0.2) is 9.78 Å². The number of benzene rings is 1. The van der Waals surface area contributed by atoms with Crippen LogP contribution in [-0.4, -0.2) is 35.5 Å². The summed E-state index contributed by atoms with van der Waals surface area (Å²) in [5, 5.41) is 7.34. The molecule has 0 fully saturated rings. The number of thiazole rings is 1. The summed E-state index contributed by atoms with van der Waals surface area (Å²) >= 11 is 1.45. The lowest BCUT2D eigenvalue weighted by Crippen LogP contribution is -2.44. The molecule has 1 heterocycles.